The third-order valence-corrected chi connectivity index (χ3v) is 6.10. The summed E-state index contributed by atoms with van der Waals surface area (Å²) in [7, 11) is -3.51. The lowest BCUT2D eigenvalue weighted by Gasteiger charge is -2.29. The molecule has 1 amide bonds. The first-order chi connectivity index (χ1) is 12.9. The lowest BCUT2D eigenvalue weighted by Crippen LogP contribution is -2.40. The molecule has 1 saturated heterocycles. The van der Waals surface area contributed by atoms with E-state index in [0.717, 1.165) is 5.56 Å². The molecule has 142 valence electrons. The summed E-state index contributed by atoms with van der Waals surface area (Å²) in [4.78, 5) is 12.4. The number of carbonyl (C=O) groups is 1. The van der Waals surface area contributed by atoms with E-state index in [1.165, 1.54) is 21.8 Å². The first-order valence-electron chi connectivity index (χ1n) is 8.77. The highest BCUT2D eigenvalue weighted by atomic mass is 32.2. The smallest absolute Gasteiger partial charge is 0.236 e. The fourth-order valence-corrected chi connectivity index (χ4v) is 4.24. The zero-order chi connectivity index (χ0) is 19.3. The van der Waals surface area contributed by atoms with Gasteiger partial charge < -0.3 is 10.4 Å². The van der Waals surface area contributed by atoms with Crippen LogP contribution in [0.5, 0.6) is 5.75 Å². The molecule has 1 heterocycles. The van der Waals surface area contributed by atoms with Crippen molar-refractivity contribution in [3.63, 3.8) is 0 Å². The van der Waals surface area contributed by atoms with Crippen LogP contribution in [0.3, 0.4) is 0 Å². The molecule has 0 atom stereocenters. The number of carbonyl (C=O) groups excluding carboxylic acids is 1. The third kappa shape index (κ3) is 5.18. The molecule has 0 saturated carbocycles. The minimum Gasteiger partial charge on any atom is -0.508 e. The molecule has 0 bridgehead atoms. The van der Waals surface area contributed by atoms with Gasteiger partial charge in [0.15, 0.2) is 0 Å². The van der Waals surface area contributed by atoms with Crippen molar-refractivity contribution < 1.29 is 18.3 Å². The van der Waals surface area contributed by atoms with Crippen molar-refractivity contribution in [2.24, 2.45) is 5.92 Å². The van der Waals surface area contributed by atoms with Gasteiger partial charge in [0, 0.05) is 36.2 Å². The van der Waals surface area contributed by atoms with Crippen molar-refractivity contribution in [1.82, 2.24) is 4.31 Å². The summed E-state index contributed by atoms with van der Waals surface area (Å²) in [6.45, 7) is 0.610. The molecule has 7 heteroatoms. The topological polar surface area (TPSA) is 86.7 Å². The van der Waals surface area contributed by atoms with Crippen LogP contribution in [-0.2, 0) is 14.8 Å². The van der Waals surface area contributed by atoms with Crippen molar-refractivity contribution >= 4 is 27.7 Å². The van der Waals surface area contributed by atoms with Crippen LogP contribution in [-0.4, -0.2) is 36.8 Å². The predicted molar refractivity (Wildman–Crippen MR) is 105 cm³/mol. The first-order valence-corrected chi connectivity index (χ1v) is 10.3. The number of phenols is 1. The number of aromatic hydroxyl groups is 1. The van der Waals surface area contributed by atoms with Crippen LogP contribution < -0.4 is 5.32 Å². The summed E-state index contributed by atoms with van der Waals surface area (Å²) in [5.74, 6) is -0.326. The number of nitrogens with one attached hydrogen (secondary N) is 1. The van der Waals surface area contributed by atoms with Crippen molar-refractivity contribution in [2.75, 3.05) is 18.4 Å². The quantitative estimate of drug-likeness (QED) is 0.827. The van der Waals surface area contributed by atoms with E-state index in [4.69, 9.17) is 0 Å². The predicted octanol–water partition coefficient (Wildman–Crippen LogP) is 3.04. The lowest BCUT2D eigenvalue weighted by molar-refractivity contribution is -0.120. The molecule has 1 aliphatic rings. The molecule has 27 heavy (non-hydrogen) atoms. The number of rotatable bonds is 5. The lowest BCUT2D eigenvalue weighted by atomic mass is 9.97. The fraction of sp³-hybridized carbons (Fsp3) is 0.250. The van der Waals surface area contributed by atoms with E-state index >= 15 is 0 Å². The number of hydrogen-bond acceptors (Lipinski definition) is 4. The Kier molecular flexibility index (Phi) is 5.93. The van der Waals surface area contributed by atoms with Crippen LogP contribution in [0, 0.1) is 5.92 Å². The Bertz CT molecular complexity index is 918. The summed E-state index contributed by atoms with van der Waals surface area (Å²) in [6.07, 6.45) is 2.50. The Morgan fingerprint density at radius 3 is 2.44 bits per heavy atom. The Morgan fingerprint density at radius 2 is 1.78 bits per heavy atom. The number of sulfonamides is 1. The number of benzene rings is 2. The number of nitrogens with zero attached hydrogens (tertiary/aromatic N) is 1. The van der Waals surface area contributed by atoms with Gasteiger partial charge in [-0.2, -0.15) is 4.31 Å². The van der Waals surface area contributed by atoms with E-state index in [2.05, 4.69) is 5.32 Å². The van der Waals surface area contributed by atoms with Gasteiger partial charge >= 0.3 is 0 Å². The van der Waals surface area contributed by atoms with E-state index in [-0.39, 0.29) is 17.6 Å². The second-order valence-corrected chi connectivity index (χ2v) is 8.29. The molecular weight excluding hydrogens is 364 g/mol. The van der Waals surface area contributed by atoms with Gasteiger partial charge in [0.1, 0.15) is 5.75 Å². The van der Waals surface area contributed by atoms with Crippen molar-refractivity contribution in [1.29, 1.82) is 0 Å². The second-order valence-electron chi connectivity index (χ2n) is 6.47. The van der Waals surface area contributed by atoms with Gasteiger partial charge in [-0.1, -0.05) is 36.4 Å². The zero-order valence-corrected chi connectivity index (χ0v) is 15.6. The average Bonchev–Trinajstić information content (AvgIpc) is 2.67. The molecule has 0 spiro atoms. The highest BCUT2D eigenvalue weighted by Gasteiger charge is 2.30. The van der Waals surface area contributed by atoms with E-state index in [0.29, 0.717) is 31.6 Å². The Labute approximate surface area is 159 Å². The maximum absolute atomic E-state index is 12.5. The largest absolute Gasteiger partial charge is 0.508 e. The molecule has 1 fully saturated rings. The van der Waals surface area contributed by atoms with Gasteiger partial charge in [0.05, 0.1) is 0 Å². The zero-order valence-electron chi connectivity index (χ0n) is 14.8. The van der Waals surface area contributed by atoms with Crippen LogP contribution in [0.4, 0.5) is 5.69 Å². The van der Waals surface area contributed by atoms with Crippen LogP contribution in [0.1, 0.15) is 18.4 Å². The third-order valence-electron chi connectivity index (χ3n) is 4.53. The molecule has 2 aromatic carbocycles. The molecule has 3 rings (SSSR count). The Hall–Kier alpha value is -2.64. The fourth-order valence-electron chi connectivity index (χ4n) is 3.02. The van der Waals surface area contributed by atoms with E-state index in [1.807, 2.05) is 30.3 Å². The Morgan fingerprint density at radius 1 is 1.07 bits per heavy atom. The number of piperidine rings is 1. The summed E-state index contributed by atoms with van der Waals surface area (Å²) in [6, 6.07) is 15.6. The minimum atomic E-state index is -3.51. The van der Waals surface area contributed by atoms with Gasteiger partial charge in [0.25, 0.3) is 0 Å². The molecule has 1 aliphatic heterocycles. The standard InChI is InChI=1S/C20H22N2O4S/c23-19-8-4-7-18(15-19)21-20(24)17-9-12-22(13-10-17)27(25,26)14-11-16-5-2-1-3-6-16/h1-8,11,14-15,17,23H,9-10,12-13H2,(H,21,24)/b14-11+. The minimum absolute atomic E-state index is 0.0823. The maximum atomic E-state index is 12.5. The summed E-state index contributed by atoms with van der Waals surface area (Å²) in [5.41, 5.74) is 1.35. The maximum Gasteiger partial charge on any atom is 0.236 e. The number of anilines is 1. The SMILES string of the molecule is O=C(Nc1cccc(O)c1)C1CCN(S(=O)(=O)/C=C/c2ccccc2)CC1. The molecule has 0 unspecified atom stereocenters. The van der Waals surface area contributed by atoms with Crippen LogP contribution in [0.2, 0.25) is 0 Å². The second kappa shape index (κ2) is 8.37. The van der Waals surface area contributed by atoms with Gasteiger partial charge in [-0.15, -0.1) is 0 Å². The van der Waals surface area contributed by atoms with Crippen LogP contribution in [0.25, 0.3) is 6.08 Å². The monoisotopic (exact) mass is 386 g/mol. The van der Waals surface area contributed by atoms with Gasteiger partial charge in [-0.3, -0.25) is 4.79 Å². The van der Waals surface area contributed by atoms with Gasteiger partial charge in [0.2, 0.25) is 15.9 Å². The van der Waals surface area contributed by atoms with E-state index in [1.54, 1.807) is 18.2 Å². The van der Waals surface area contributed by atoms with Gasteiger partial charge in [-0.05, 0) is 36.6 Å². The molecule has 6 nitrogen and oxygen atoms in total. The van der Waals surface area contributed by atoms with E-state index < -0.39 is 10.0 Å². The summed E-state index contributed by atoms with van der Waals surface area (Å²) >= 11 is 0. The summed E-state index contributed by atoms with van der Waals surface area (Å²) in [5, 5.41) is 13.5. The van der Waals surface area contributed by atoms with Crippen molar-refractivity contribution in [2.45, 2.75) is 12.8 Å². The molecule has 0 aromatic heterocycles. The molecule has 2 aromatic rings. The average molecular weight is 386 g/mol. The van der Waals surface area contributed by atoms with Gasteiger partial charge in [-0.25, -0.2) is 8.42 Å². The normalized spacial score (nSPS) is 16.4. The Balaban J connectivity index is 1.56. The van der Waals surface area contributed by atoms with Crippen LogP contribution in [0.15, 0.2) is 60.0 Å². The molecule has 0 aliphatic carbocycles. The first kappa shape index (κ1) is 19.1. The molecule has 0 radical (unpaired) electrons. The van der Waals surface area contributed by atoms with Crippen molar-refractivity contribution in [3.8, 4) is 5.75 Å². The molecule has 2 N–H and O–H groups in total. The number of hydrogen-bond donors (Lipinski definition) is 2. The number of phenolic OH excluding ortho intramolecular Hbond substituents is 1. The molecular formula is C20H22N2O4S. The van der Waals surface area contributed by atoms with Crippen LogP contribution >= 0.6 is 0 Å². The highest BCUT2D eigenvalue weighted by Crippen LogP contribution is 2.23. The number of amides is 1. The van der Waals surface area contributed by atoms with E-state index in [9.17, 15) is 18.3 Å². The van der Waals surface area contributed by atoms with Crippen molar-refractivity contribution in [3.05, 3.63) is 65.6 Å². The summed E-state index contributed by atoms with van der Waals surface area (Å²) < 4.78 is 26.4. The highest BCUT2D eigenvalue weighted by molar-refractivity contribution is 7.92.